The molecular weight excluding hydrogens is 236 g/mol. The van der Waals surface area contributed by atoms with E-state index in [1.165, 1.54) is 0 Å². The Morgan fingerprint density at radius 3 is 2.78 bits per heavy atom. The molecule has 1 aromatic rings. The lowest BCUT2D eigenvalue weighted by Crippen LogP contribution is -2.15. The first-order valence-electron chi connectivity index (χ1n) is 5.96. The van der Waals surface area contributed by atoms with Crippen LogP contribution in [0.4, 0.5) is 0 Å². The molecule has 0 radical (unpaired) electrons. The summed E-state index contributed by atoms with van der Waals surface area (Å²) < 4.78 is 16.2. The molecule has 2 rings (SSSR count). The Labute approximate surface area is 105 Å². The molecule has 0 fully saturated rings. The average molecular weight is 252 g/mol. The number of carboxylic acids is 1. The molecule has 0 spiro atoms. The zero-order valence-electron chi connectivity index (χ0n) is 10.2. The third-order valence-electron chi connectivity index (χ3n) is 2.63. The first-order chi connectivity index (χ1) is 8.72. The number of fused-ring (bicyclic) bond motifs is 1. The first-order valence-corrected chi connectivity index (χ1v) is 5.96. The van der Waals surface area contributed by atoms with Crippen LogP contribution in [0.15, 0.2) is 18.2 Å². The van der Waals surface area contributed by atoms with E-state index < -0.39 is 12.1 Å². The van der Waals surface area contributed by atoms with Gasteiger partial charge in [0.15, 0.2) is 17.6 Å². The molecule has 0 aromatic heterocycles. The van der Waals surface area contributed by atoms with Gasteiger partial charge in [0.25, 0.3) is 0 Å². The van der Waals surface area contributed by atoms with E-state index in [1.807, 2.05) is 0 Å². The predicted molar refractivity (Wildman–Crippen MR) is 64.1 cm³/mol. The highest BCUT2D eigenvalue weighted by atomic mass is 16.5. The smallest absolute Gasteiger partial charge is 0.337 e. The van der Waals surface area contributed by atoms with Crippen LogP contribution in [-0.2, 0) is 9.53 Å². The monoisotopic (exact) mass is 252 g/mol. The van der Waals surface area contributed by atoms with Gasteiger partial charge in [-0.05, 0) is 24.6 Å². The highest BCUT2D eigenvalue weighted by Gasteiger charge is 2.22. The summed E-state index contributed by atoms with van der Waals surface area (Å²) in [6, 6.07) is 5.10. The van der Waals surface area contributed by atoms with Gasteiger partial charge in [0.2, 0.25) is 0 Å². The molecule has 5 heteroatoms. The molecule has 0 bridgehead atoms. The zero-order valence-corrected chi connectivity index (χ0v) is 10.2. The summed E-state index contributed by atoms with van der Waals surface area (Å²) in [4.78, 5) is 11.1. The van der Waals surface area contributed by atoms with Gasteiger partial charge in [-0.15, -0.1) is 0 Å². The SMILES string of the molecule is CCOC(C(=O)O)c1ccc2c(c1)OCCCO2. The molecule has 0 saturated carbocycles. The normalized spacial score (nSPS) is 15.8. The Morgan fingerprint density at radius 2 is 2.11 bits per heavy atom. The summed E-state index contributed by atoms with van der Waals surface area (Å²) in [5, 5.41) is 9.12. The maximum Gasteiger partial charge on any atom is 0.337 e. The van der Waals surface area contributed by atoms with E-state index in [0.717, 1.165) is 6.42 Å². The maximum absolute atomic E-state index is 11.1. The van der Waals surface area contributed by atoms with Crippen LogP contribution in [0.1, 0.15) is 25.0 Å². The molecule has 0 saturated heterocycles. The molecule has 1 N–H and O–H groups in total. The Morgan fingerprint density at radius 1 is 1.39 bits per heavy atom. The average Bonchev–Trinajstić information content (AvgIpc) is 2.59. The molecule has 5 nitrogen and oxygen atoms in total. The van der Waals surface area contributed by atoms with Crippen LogP contribution in [0.3, 0.4) is 0 Å². The van der Waals surface area contributed by atoms with Crippen LogP contribution < -0.4 is 9.47 Å². The Hall–Kier alpha value is -1.75. The topological polar surface area (TPSA) is 65.0 Å². The molecule has 1 unspecified atom stereocenters. The van der Waals surface area contributed by atoms with Crippen molar-refractivity contribution in [2.24, 2.45) is 0 Å². The van der Waals surface area contributed by atoms with Crippen molar-refractivity contribution in [3.63, 3.8) is 0 Å². The van der Waals surface area contributed by atoms with Crippen LogP contribution in [0, 0.1) is 0 Å². The number of aliphatic carboxylic acids is 1. The van der Waals surface area contributed by atoms with Crippen LogP contribution in [0.25, 0.3) is 0 Å². The number of hydrogen-bond acceptors (Lipinski definition) is 4. The first kappa shape index (κ1) is 12.7. The highest BCUT2D eigenvalue weighted by Crippen LogP contribution is 2.33. The lowest BCUT2D eigenvalue weighted by Gasteiger charge is -2.15. The van der Waals surface area contributed by atoms with Gasteiger partial charge >= 0.3 is 5.97 Å². The minimum absolute atomic E-state index is 0.339. The van der Waals surface area contributed by atoms with Gasteiger partial charge in [-0.1, -0.05) is 6.07 Å². The van der Waals surface area contributed by atoms with Crippen LogP contribution in [0.2, 0.25) is 0 Å². The molecule has 1 aromatic carbocycles. The third kappa shape index (κ3) is 2.73. The molecule has 18 heavy (non-hydrogen) atoms. The second kappa shape index (κ2) is 5.73. The van der Waals surface area contributed by atoms with Gasteiger partial charge in [-0.2, -0.15) is 0 Å². The van der Waals surface area contributed by atoms with Gasteiger partial charge < -0.3 is 19.3 Å². The summed E-state index contributed by atoms with van der Waals surface area (Å²) in [6.07, 6.45) is -0.148. The van der Waals surface area contributed by atoms with Gasteiger partial charge in [-0.25, -0.2) is 4.79 Å². The van der Waals surface area contributed by atoms with E-state index in [9.17, 15) is 4.79 Å². The van der Waals surface area contributed by atoms with Gasteiger partial charge in [0.05, 0.1) is 13.2 Å². The quantitative estimate of drug-likeness (QED) is 0.888. The Bertz CT molecular complexity index is 429. The number of carbonyl (C=O) groups is 1. The van der Waals surface area contributed by atoms with E-state index in [2.05, 4.69) is 0 Å². The second-order valence-corrected chi connectivity index (χ2v) is 3.93. The van der Waals surface area contributed by atoms with Gasteiger partial charge in [-0.3, -0.25) is 0 Å². The van der Waals surface area contributed by atoms with Crippen molar-refractivity contribution in [1.29, 1.82) is 0 Å². The summed E-state index contributed by atoms with van der Waals surface area (Å²) in [5.41, 5.74) is 0.564. The van der Waals surface area contributed by atoms with Crippen LogP contribution in [0.5, 0.6) is 11.5 Å². The number of ether oxygens (including phenoxy) is 3. The lowest BCUT2D eigenvalue weighted by atomic mass is 10.1. The fraction of sp³-hybridized carbons (Fsp3) is 0.462. The fourth-order valence-electron chi connectivity index (χ4n) is 1.82. The summed E-state index contributed by atoms with van der Waals surface area (Å²) in [6.45, 7) is 3.29. The molecule has 0 aliphatic carbocycles. The van der Waals surface area contributed by atoms with Crippen molar-refractivity contribution in [3.8, 4) is 11.5 Å². The predicted octanol–water partition coefficient (Wildman–Crippen LogP) is 2.01. The summed E-state index contributed by atoms with van der Waals surface area (Å²) >= 11 is 0. The molecule has 0 amide bonds. The van der Waals surface area contributed by atoms with Crippen molar-refractivity contribution in [3.05, 3.63) is 23.8 Å². The molecule has 1 aliphatic rings. The lowest BCUT2D eigenvalue weighted by molar-refractivity contribution is -0.150. The van der Waals surface area contributed by atoms with E-state index >= 15 is 0 Å². The highest BCUT2D eigenvalue weighted by molar-refractivity contribution is 5.74. The van der Waals surface area contributed by atoms with E-state index in [1.54, 1.807) is 25.1 Å². The van der Waals surface area contributed by atoms with Crippen molar-refractivity contribution < 1.29 is 24.1 Å². The standard InChI is InChI=1S/C13H16O5/c1-2-16-12(13(14)15)9-4-5-10-11(8-9)18-7-3-6-17-10/h4-5,8,12H,2-3,6-7H2,1H3,(H,14,15). The third-order valence-corrected chi connectivity index (χ3v) is 2.63. The number of carboxylic acid groups (broad SMARTS) is 1. The minimum Gasteiger partial charge on any atom is -0.490 e. The maximum atomic E-state index is 11.1. The van der Waals surface area contributed by atoms with E-state index in [-0.39, 0.29) is 0 Å². The fourth-order valence-corrected chi connectivity index (χ4v) is 1.82. The molecule has 1 aliphatic heterocycles. The molecule has 1 atom stereocenters. The molecular formula is C13H16O5. The van der Waals surface area contributed by atoms with Crippen molar-refractivity contribution in [2.75, 3.05) is 19.8 Å². The van der Waals surface area contributed by atoms with Gasteiger partial charge in [0, 0.05) is 13.0 Å². The largest absolute Gasteiger partial charge is 0.490 e. The number of benzene rings is 1. The van der Waals surface area contributed by atoms with E-state index in [0.29, 0.717) is 36.9 Å². The summed E-state index contributed by atoms with van der Waals surface area (Å²) in [5.74, 6) is 0.221. The Kier molecular flexibility index (Phi) is 4.04. The Balaban J connectivity index is 2.28. The second-order valence-electron chi connectivity index (χ2n) is 3.93. The molecule has 98 valence electrons. The van der Waals surface area contributed by atoms with Crippen molar-refractivity contribution in [1.82, 2.24) is 0 Å². The van der Waals surface area contributed by atoms with Crippen molar-refractivity contribution in [2.45, 2.75) is 19.4 Å². The number of hydrogen-bond donors (Lipinski definition) is 1. The van der Waals surface area contributed by atoms with Crippen LogP contribution in [-0.4, -0.2) is 30.9 Å². The van der Waals surface area contributed by atoms with E-state index in [4.69, 9.17) is 19.3 Å². The van der Waals surface area contributed by atoms with Crippen molar-refractivity contribution >= 4 is 5.97 Å². The van der Waals surface area contributed by atoms with Gasteiger partial charge in [0.1, 0.15) is 0 Å². The minimum atomic E-state index is -1.01. The zero-order chi connectivity index (χ0) is 13.0. The number of rotatable bonds is 4. The summed E-state index contributed by atoms with van der Waals surface area (Å²) in [7, 11) is 0. The van der Waals surface area contributed by atoms with Crippen LogP contribution >= 0.6 is 0 Å². The molecule has 1 heterocycles.